The topological polar surface area (TPSA) is 102 Å². The first-order valence-corrected chi connectivity index (χ1v) is 8.13. The number of esters is 1. The van der Waals surface area contributed by atoms with Crippen LogP contribution >= 0.6 is 0 Å². The van der Waals surface area contributed by atoms with Crippen LogP contribution in [0.2, 0.25) is 0 Å². The summed E-state index contributed by atoms with van der Waals surface area (Å²) in [5.41, 5.74) is 1.07. The second kappa shape index (κ2) is 7.28. The minimum absolute atomic E-state index is 0.134. The number of rotatable bonds is 4. The van der Waals surface area contributed by atoms with E-state index < -0.39 is 23.0 Å². The molecule has 3 rings (SSSR count). The van der Waals surface area contributed by atoms with Crippen LogP contribution in [0, 0.1) is 10.1 Å². The Labute approximate surface area is 155 Å². The van der Waals surface area contributed by atoms with Gasteiger partial charge in [-0.25, -0.2) is 9.59 Å². The zero-order valence-electron chi connectivity index (χ0n) is 14.7. The number of nitro benzene ring substituents is 1. The van der Waals surface area contributed by atoms with Crippen LogP contribution in [0.1, 0.15) is 18.5 Å². The van der Waals surface area contributed by atoms with Crippen molar-refractivity contribution in [1.82, 2.24) is 5.32 Å². The van der Waals surface area contributed by atoms with Crippen LogP contribution in [0.25, 0.3) is 0 Å². The number of carbonyl (C=O) groups is 2. The third kappa shape index (κ3) is 3.24. The first kappa shape index (κ1) is 18.1. The highest BCUT2D eigenvalue weighted by Crippen LogP contribution is 2.37. The fourth-order valence-electron chi connectivity index (χ4n) is 3.14. The fourth-order valence-corrected chi connectivity index (χ4v) is 3.14. The van der Waals surface area contributed by atoms with Crippen molar-refractivity contribution in [2.75, 3.05) is 12.0 Å². The van der Waals surface area contributed by atoms with Gasteiger partial charge in [-0.05, 0) is 25.1 Å². The molecule has 0 fully saturated rings. The maximum atomic E-state index is 12.8. The van der Waals surface area contributed by atoms with Crippen LogP contribution in [0.4, 0.5) is 16.2 Å². The van der Waals surface area contributed by atoms with Crippen molar-refractivity contribution in [2.45, 2.75) is 13.0 Å². The predicted octanol–water partition coefficient (Wildman–Crippen LogP) is 3.31. The van der Waals surface area contributed by atoms with Crippen LogP contribution in [0.15, 0.2) is 65.9 Å². The van der Waals surface area contributed by atoms with Gasteiger partial charge in [-0.3, -0.25) is 15.0 Å². The molecule has 2 aromatic rings. The quantitative estimate of drug-likeness (QED) is 0.507. The fraction of sp³-hybridized carbons (Fsp3) is 0.158. The Bertz CT molecular complexity index is 939. The molecule has 0 bridgehead atoms. The maximum absolute atomic E-state index is 12.8. The van der Waals surface area contributed by atoms with Crippen molar-refractivity contribution in [3.05, 3.63) is 81.5 Å². The maximum Gasteiger partial charge on any atom is 0.337 e. The molecule has 1 aliphatic heterocycles. The average molecular weight is 367 g/mol. The van der Waals surface area contributed by atoms with E-state index in [0.717, 1.165) is 0 Å². The van der Waals surface area contributed by atoms with Crippen molar-refractivity contribution < 1.29 is 19.2 Å². The Morgan fingerprint density at radius 1 is 1.15 bits per heavy atom. The molecule has 1 N–H and O–H groups in total. The van der Waals surface area contributed by atoms with E-state index in [1.807, 2.05) is 6.07 Å². The normalized spacial score (nSPS) is 16.7. The Kier molecular flexibility index (Phi) is 4.89. The minimum atomic E-state index is -0.994. The van der Waals surface area contributed by atoms with Gasteiger partial charge in [0.05, 0.1) is 34.9 Å². The predicted molar refractivity (Wildman–Crippen MR) is 98.0 cm³/mol. The lowest BCUT2D eigenvalue weighted by Crippen LogP contribution is -2.48. The summed E-state index contributed by atoms with van der Waals surface area (Å²) >= 11 is 0. The van der Waals surface area contributed by atoms with Crippen molar-refractivity contribution in [1.29, 1.82) is 0 Å². The molecule has 0 aromatic heterocycles. The zero-order chi connectivity index (χ0) is 19.6. The summed E-state index contributed by atoms with van der Waals surface area (Å²) in [4.78, 5) is 37.5. The Balaban J connectivity index is 2.20. The monoisotopic (exact) mass is 367 g/mol. The second-order valence-electron chi connectivity index (χ2n) is 5.86. The van der Waals surface area contributed by atoms with E-state index in [1.165, 1.54) is 30.2 Å². The van der Waals surface area contributed by atoms with E-state index in [1.54, 1.807) is 37.3 Å². The van der Waals surface area contributed by atoms with Crippen LogP contribution < -0.4 is 10.2 Å². The zero-order valence-corrected chi connectivity index (χ0v) is 14.7. The molecule has 27 heavy (non-hydrogen) atoms. The van der Waals surface area contributed by atoms with Crippen LogP contribution in [-0.2, 0) is 9.53 Å². The number of nitrogens with one attached hydrogen (secondary N) is 1. The number of hydrogen-bond donors (Lipinski definition) is 1. The van der Waals surface area contributed by atoms with E-state index in [-0.39, 0.29) is 16.8 Å². The number of benzene rings is 2. The molecule has 1 unspecified atom stereocenters. The number of para-hydroxylation sites is 2. The lowest BCUT2D eigenvalue weighted by Gasteiger charge is -2.35. The number of nitro groups is 1. The van der Waals surface area contributed by atoms with E-state index in [0.29, 0.717) is 11.4 Å². The van der Waals surface area contributed by atoms with Gasteiger partial charge < -0.3 is 10.1 Å². The largest absolute Gasteiger partial charge is 0.466 e. The van der Waals surface area contributed by atoms with Gasteiger partial charge in [0.25, 0.3) is 5.69 Å². The average Bonchev–Trinajstić information content (AvgIpc) is 2.67. The molecule has 1 atom stereocenters. The molecule has 0 aliphatic carbocycles. The van der Waals surface area contributed by atoms with E-state index >= 15 is 0 Å². The highest BCUT2D eigenvalue weighted by molar-refractivity contribution is 6.03. The summed E-state index contributed by atoms with van der Waals surface area (Å²) in [6.45, 7) is 1.61. The van der Waals surface area contributed by atoms with E-state index in [9.17, 15) is 19.7 Å². The summed E-state index contributed by atoms with van der Waals surface area (Å²) in [5, 5.41) is 14.1. The molecule has 2 aromatic carbocycles. The van der Waals surface area contributed by atoms with Crippen molar-refractivity contribution in [3.8, 4) is 0 Å². The number of amides is 2. The molecule has 1 aliphatic rings. The first-order chi connectivity index (χ1) is 13.0. The number of carbonyl (C=O) groups excluding carboxylic acids is 2. The Hall–Kier alpha value is -3.68. The van der Waals surface area contributed by atoms with Crippen LogP contribution in [0.5, 0.6) is 0 Å². The van der Waals surface area contributed by atoms with Crippen LogP contribution in [0.3, 0.4) is 0 Å². The Morgan fingerprint density at radius 2 is 1.78 bits per heavy atom. The van der Waals surface area contributed by atoms with Crippen molar-refractivity contribution in [2.24, 2.45) is 0 Å². The number of nitrogens with zero attached hydrogens (tertiary/aromatic N) is 2. The van der Waals surface area contributed by atoms with Gasteiger partial charge in [0.15, 0.2) is 0 Å². The third-order valence-corrected chi connectivity index (χ3v) is 4.35. The minimum Gasteiger partial charge on any atom is -0.466 e. The summed E-state index contributed by atoms with van der Waals surface area (Å²) < 4.78 is 4.89. The number of methoxy groups -OCH3 is 1. The molecular formula is C19H17N3O5. The summed E-state index contributed by atoms with van der Waals surface area (Å²) in [6, 6.07) is 13.3. The smallest absolute Gasteiger partial charge is 0.337 e. The first-order valence-electron chi connectivity index (χ1n) is 8.13. The number of ether oxygens (including phenoxy) is 1. The van der Waals surface area contributed by atoms with E-state index in [2.05, 4.69) is 5.32 Å². The van der Waals surface area contributed by atoms with E-state index in [4.69, 9.17) is 4.74 Å². The van der Waals surface area contributed by atoms with Gasteiger partial charge in [0.1, 0.15) is 0 Å². The third-order valence-electron chi connectivity index (χ3n) is 4.35. The molecule has 0 radical (unpaired) electrons. The molecule has 0 spiro atoms. The van der Waals surface area contributed by atoms with Crippen LogP contribution in [-0.4, -0.2) is 24.0 Å². The number of anilines is 1. The summed E-state index contributed by atoms with van der Waals surface area (Å²) in [6.07, 6.45) is 0. The summed E-state index contributed by atoms with van der Waals surface area (Å²) in [7, 11) is 1.22. The molecule has 0 saturated heterocycles. The highest BCUT2D eigenvalue weighted by atomic mass is 16.6. The highest BCUT2D eigenvalue weighted by Gasteiger charge is 2.39. The van der Waals surface area contributed by atoms with Gasteiger partial charge in [0, 0.05) is 11.8 Å². The molecule has 1 heterocycles. The van der Waals surface area contributed by atoms with Gasteiger partial charge in [0.2, 0.25) is 0 Å². The van der Waals surface area contributed by atoms with Crippen molar-refractivity contribution >= 4 is 23.4 Å². The standard InChI is InChI=1S/C19H17N3O5/c1-12-16(18(23)27-2)17(14-10-6-7-11-15(14)22(25)26)20-19(24)21(12)13-8-4-3-5-9-13/h3-11,17H,1-2H3,(H,20,24). The van der Waals surface area contributed by atoms with Crippen molar-refractivity contribution in [3.63, 3.8) is 0 Å². The number of allylic oxidation sites excluding steroid dienone is 1. The SMILES string of the molecule is COC(=O)C1=C(C)N(c2ccccc2)C(=O)NC1c1ccccc1[N+](=O)[O-]. The molecule has 8 heteroatoms. The summed E-state index contributed by atoms with van der Waals surface area (Å²) in [5.74, 6) is -0.670. The lowest BCUT2D eigenvalue weighted by molar-refractivity contribution is -0.385. The van der Waals surface area contributed by atoms with Gasteiger partial charge >= 0.3 is 12.0 Å². The van der Waals surface area contributed by atoms with Gasteiger partial charge in [-0.2, -0.15) is 0 Å². The lowest BCUT2D eigenvalue weighted by atomic mass is 9.93. The number of hydrogen-bond acceptors (Lipinski definition) is 5. The molecular weight excluding hydrogens is 350 g/mol. The molecule has 8 nitrogen and oxygen atoms in total. The molecule has 138 valence electrons. The molecule has 2 amide bonds. The Morgan fingerprint density at radius 3 is 2.41 bits per heavy atom. The number of urea groups is 1. The molecule has 0 saturated carbocycles. The second-order valence-corrected chi connectivity index (χ2v) is 5.86. The van der Waals surface area contributed by atoms with Gasteiger partial charge in [-0.1, -0.05) is 30.3 Å². The van der Waals surface area contributed by atoms with Gasteiger partial charge in [-0.15, -0.1) is 0 Å².